The van der Waals surface area contributed by atoms with Crippen molar-refractivity contribution in [3.8, 4) is 0 Å². The second-order valence-electron chi connectivity index (χ2n) is 4.69. The Morgan fingerprint density at radius 3 is 2.43 bits per heavy atom. The molecule has 0 atom stereocenters. The second-order valence-corrected chi connectivity index (χ2v) is 6.50. The molecular weight excluding hydrogens is 292 g/mol. The van der Waals surface area contributed by atoms with Gasteiger partial charge in [0, 0.05) is 18.9 Å². The van der Waals surface area contributed by atoms with E-state index in [1.165, 1.54) is 24.3 Å². The first-order valence-corrected chi connectivity index (χ1v) is 7.92. The molecule has 0 spiro atoms. The maximum absolute atomic E-state index is 12.0. The minimum atomic E-state index is -3.47. The van der Waals surface area contributed by atoms with Crippen LogP contribution in [0.2, 0.25) is 0 Å². The highest BCUT2D eigenvalue weighted by atomic mass is 32.2. The number of aryl methyl sites for hydroxylation is 1. The highest BCUT2D eigenvalue weighted by Gasteiger charge is 2.12. The first-order chi connectivity index (χ1) is 9.87. The third kappa shape index (κ3) is 4.17. The summed E-state index contributed by atoms with van der Waals surface area (Å²) in [5.41, 5.74) is 1.53. The fourth-order valence-corrected chi connectivity index (χ4v) is 2.98. The summed E-state index contributed by atoms with van der Waals surface area (Å²) in [5, 5.41) is 8.79. The Kier molecular flexibility index (Phi) is 4.44. The molecule has 0 fully saturated rings. The molecule has 6 nitrogen and oxygen atoms in total. The zero-order valence-electron chi connectivity index (χ0n) is 11.5. The van der Waals surface area contributed by atoms with Gasteiger partial charge in [-0.15, -0.1) is 0 Å². The average Bonchev–Trinajstić information content (AvgIpc) is 2.82. The molecule has 112 valence electrons. The molecule has 0 aliphatic heterocycles. The number of rotatable bonds is 6. The molecule has 0 radical (unpaired) electrons. The number of sulfonamides is 1. The number of carboxylic acids is 1. The minimum Gasteiger partial charge on any atom is -0.478 e. The lowest BCUT2D eigenvalue weighted by Gasteiger charge is -2.08. The third-order valence-corrected chi connectivity index (χ3v) is 4.38. The van der Waals surface area contributed by atoms with E-state index in [-0.39, 0.29) is 17.9 Å². The van der Waals surface area contributed by atoms with Crippen LogP contribution in [0.25, 0.3) is 0 Å². The van der Waals surface area contributed by atoms with Crippen LogP contribution >= 0.6 is 0 Å². The third-order valence-electron chi connectivity index (χ3n) is 3.08. The fourth-order valence-electron chi connectivity index (χ4n) is 1.88. The molecule has 0 amide bonds. The largest absolute Gasteiger partial charge is 0.478 e. The van der Waals surface area contributed by atoms with Crippen LogP contribution in [0.15, 0.2) is 42.6 Å². The number of carboxylic acid groups (broad SMARTS) is 1. The molecule has 2 N–H and O–H groups in total. The highest BCUT2D eigenvalue weighted by molar-refractivity contribution is 7.88. The molecule has 0 saturated heterocycles. The van der Waals surface area contributed by atoms with Gasteiger partial charge in [-0.2, -0.15) is 0 Å². The number of hydrogen-bond donors (Lipinski definition) is 2. The molecule has 2 aromatic rings. The molecule has 0 unspecified atom stereocenters. The fraction of sp³-hybridized carbons (Fsp3) is 0.214. The Morgan fingerprint density at radius 1 is 1.24 bits per heavy atom. The van der Waals surface area contributed by atoms with Crippen molar-refractivity contribution < 1.29 is 18.3 Å². The molecule has 1 heterocycles. The van der Waals surface area contributed by atoms with Gasteiger partial charge >= 0.3 is 5.97 Å². The molecule has 7 heteroatoms. The molecule has 1 aromatic heterocycles. The van der Waals surface area contributed by atoms with Crippen molar-refractivity contribution in [1.29, 1.82) is 0 Å². The number of nitrogens with zero attached hydrogens (tertiary/aromatic N) is 1. The molecule has 21 heavy (non-hydrogen) atoms. The molecule has 1 aromatic carbocycles. The van der Waals surface area contributed by atoms with Crippen molar-refractivity contribution in [3.63, 3.8) is 0 Å². The zero-order chi connectivity index (χ0) is 15.5. The van der Waals surface area contributed by atoms with Gasteiger partial charge in [0.25, 0.3) is 0 Å². The number of nitrogens with one attached hydrogen (secondary N) is 1. The van der Waals surface area contributed by atoms with E-state index in [9.17, 15) is 13.2 Å². The molecule has 2 rings (SSSR count). The Morgan fingerprint density at radius 2 is 1.90 bits per heavy atom. The van der Waals surface area contributed by atoms with Crippen molar-refractivity contribution in [3.05, 3.63) is 59.4 Å². The van der Waals surface area contributed by atoms with Crippen molar-refractivity contribution in [2.75, 3.05) is 0 Å². The van der Waals surface area contributed by atoms with Crippen LogP contribution in [0.5, 0.6) is 0 Å². The maximum Gasteiger partial charge on any atom is 0.335 e. The standard InChI is InChI=1S/C14H16N2O4S/c1-16-8-2-3-13(16)9-15-21(19,20)10-11-4-6-12(7-5-11)14(17)18/h2-8,15H,9-10H2,1H3,(H,17,18). The van der Waals surface area contributed by atoms with Gasteiger partial charge in [-0.3, -0.25) is 0 Å². The van der Waals surface area contributed by atoms with Crippen LogP contribution in [0.1, 0.15) is 21.6 Å². The van der Waals surface area contributed by atoms with E-state index in [1.54, 1.807) is 0 Å². The van der Waals surface area contributed by atoms with Gasteiger partial charge < -0.3 is 9.67 Å². The van der Waals surface area contributed by atoms with Crippen molar-refractivity contribution in [1.82, 2.24) is 9.29 Å². The smallest absolute Gasteiger partial charge is 0.335 e. The summed E-state index contributed by atoms with van der Waals surface area (Å²) in [5.74, 6) is -1.22. The topological polar surface area (TPSA) is 88.4 Å². The normalized spacial score (nSPS) is 11.5. The van der Waals surface area contributed by atoms with Crippen LogP contribution in [-0.2, 0) is 29.4 Å². The number of hydrogen-bond acceptors (Lipinski definition) is 3. The van der Waals surface area contributed by atoms with E-state index in [1.807, 2.05) is 29.9 Å². The number of aromatic nitrogens is 1. The number of carbonyl (C=O) groups is 1. The van der Waals surface area contributed by atoms with Gasteiger partial charge in [0.2, 0.25) is 10.0 Å². The van der Waals surface area contributed by atoms with Gasteiger partial charge in [0.15, 0.2) is 0 Å². The SMILES string of the molecule is Cn1cccc1CNS(=O)(=O)Cc1ccc(C(=O)O)cc1. The lowest BCUT2D eigenvalue weighted by atomic mass is 10.1. The van der Waals surface area contributed by atoms with E-state index in [4.69, 9.17) is 5.11 Å². The van der Waals surface area contributed by atoms with Crippen LogP contribution in [0.3, 0.4) is 0 Å². The zero-order valence-corrected chi connectivity index (χ0v) is 12.3. The Balaban J connectivity index is 2.00. The van der Waals surface area contributed by atoms with Gasteiger partial charge in [-0.1, -0.05) is 12.1 Å². The Labute approximate surface area is 123 Å². The molecule has 0 saturated carbocycles. The summed E-state index contributed by atoms with van der Waals surface area (Å²) in [6.45, 7) is 0.221. The highest BCUT2D eigenvalue weighted by Crippen LogP contribution is 2.09. The Hall–Kier alpha value is -2.12. The lowest BCUT2D eigenvalue weighted by Crippen LogP contribution is -2.25. The van der Waals surface area contributed by atoms with Gasteiger partial charge in [0.1, 0.15) is 0 Å². The van der Waals surface area contributed by atoms with Crippen molar-refractivity contribution in [2.45, 2.75) is 12.3 Å². The molecular formula is C14H16N2O4S. The maximum atomic E-state index is 12.0. The summed E-state index contributed by atoms with van der Waals surface area (Å²) < 4.78 is 28.3. The predicted molar refractivity (Wildman–Crippen MR) is 78.3 cm³/mol. The lowest BCUT2D eigenvalue weighted by molar-refractivity contribution is 0.0697. The van der Waals surface area contributed by atoms with E-state index < -0.39 is 16.0 Å². The summed E-state index contributed by atoms with van der Waals surface area (Å²) in [6, 6.07) is 9.48. The van der Waals surface area contributed by atoms with Crippen LogP contribution in [0.4, 0.5) is 0 Å². The average molecular weight is 308 g/mol. The van der Waals surface area contributed by atoms with Gasteiger partial charge in [0.05, 0.1) is 17.9 Å². The predicted octanol–water partition coefficient (Wildman–Crippen LogP) is 1.34. The molecule has 0 bridgehead atoms. The van der Waals surface area contributed by atoms with Crippen LogP contribution in [-0.4, -0.2) is 24.1 Å². The van der Waals surface area contributed by atoms with E-state index in [0.29, 0.717) is 5.56 Å². The number of aromatic carboxylic acids is 1. The number of benzene rings is 1. The first-order valence-electron chi connectivity index (χ1n) is 6.27. The van der Waals surface area contributed by atoms with E-state index in [0.717, 1.165) is 5.69 Å². The summed E-state index contributed by atoms with van der Waals surface area (Å²) in [7, 11) is -1.63. The summed E-state index contributed by atoms with van der Waals surface area (Å²) in [6.07, 6.45) is 1.84. The minimum absolute atomic E-state index is 0.132. The Bertz CT molecular complexity index is 733. The summed E-state index contributed by atoms with van der Waals surface area (Å²) in [4.78, 5) is 10.7. The van der Waals surface area contributed by atoms with E-state index in [2.05, 4.69) is 4.72 Å². The van der Waals surface area contributed by atoms with E-state index >= 15 is 0 Å². The summed E-state index contributed by atoms with van der Waals surface area (Å²) >= 11 is 0. The van der Waals surface area contributed by atoms with Crippen molar-refractivity contribution >= 4 is 16.0 Å². The van der Waals surface area contributed by atoms with Crippen LogP contribution < -0.4 is 4.72 Å². The van der Waals surface area contributed by atoms with Crippen molar-refractivity contribution in [2.24, 2.45) is 7.05 Å². The molecule has 0 aliphatic rings. The second kappa shape index (κ2) is 6.11. The molecule has 0 aliphatic carbocycles. The van der Waals surface area contributed by atoms with Crippen LogP contribution in [0, 0.1) is 0 Å². The quantitative estimate of drug-likeness (QED) is 0.843. The van der Waals surface area contributed by atoms with Gasteiger partial charge in [-0.05, 0) is 29.8 Å². The van der Waals surface area contributed by atoms with Gasteiger partial charge in [-0.25, -0.2) is 17.9 Å². The monoisotopic (exact) mass is 308 g/mol. The first kappa shape index (κ1) is 15.3.